The molecule has 16 heavy (non-hydrogen) atoms. The van der Waals surface area contributed by atoms with Crippen LogP contribution in [0.5, 0.6) is 0 Å². The molecule has 1 atom stereocenters. The van der Waals surface area contributed by atoms with Gasteiger partial charge in [-0.25, -0.2) is 4.98 Å². The molecule has 0 fully saturated rings. The highest BCUT2D eigenvalue weighted by molar-refractivity contribution is 7.15. The summed E-state index contributed by atoms with van der Waals surface area (Å²) in [5.41, 5.74) is 5.60. The molecule has 1 heterocycles. The number of amides is 1. The van der Waals surface area contributed by atoms with Gasteiger partial charge in [0.05, 0.1) is 12.6 Å². The molecule has 0 unspecified atom stereocenters. The predicted molar refractivity (Wildman–Crippen MR) is 66.5 cm³/mol. The van der Waals surface area contributed by atoms with Crippen LogP contribution in [-0.2, 0) is 11.3 Å². The zero-order chi connectivity index (χ0) is 12.3. The SMILES string of the molecule is CC(C)N(Cc1cnc(Cl)s1)C(=O)[C@H](C)N. The molecule has 0 aliphatic rings. The highest BCUT2D eigenvalue weighted by Crippen LogP contribution is 2.20. The largest absolute Gasteiger partial charge is 0.334 e. The Labute approximate surface area is 104 Å². The van der Waals surface area contributed by atoms with E-state index in [1.54, 1.807) is 18.0 Å². The van der Waals surface area contributed by atoms with Crippen LogP contribution in [0.3, 0.4) is 0 Å². The molecule has 1 rings (SSSR count). The van der Waals surface area contributed by atoms with Gasteiger partial charge < -0.3 is 10.6 Å². The summed E-state index contributed by atoms with van der Waals surface area (Å²) < 4.78 is 0.493. The van der Waals surface area contributed by atoms with Gasteiger partial charge in [0, 0.05) is 17.1 Å². The molecule has 0 aromatic carbocycles. The highest BCUT2D eigenvalue weighted by atomic mass is 35.5. The van der Waals surface area contributed by atoms with Gasteiger partial charge in [-0.05, 0) is 20.8 Å². The number of aromatic nitrogens is 1. The molecule has 2 N–H and O–H groups in total. The van der Waals surface area contributed by atoms with Crippen LogP contribution < -0.4 is 5.73 Å². The lowest BCUT2D eigenvalue weighted by atomic mass is 10.2. The number of carbonyl (C=O) groups excluding carboxylic acids is 1. The van der Waals surface area contributed by atoms with Gasteiger partial charge in [0.15, 0.2) is 4.47 Å². The van der Waals surface area contributed by atoms with Crippen LogP contribution in [0.15, 0.2) is 6.20 Å². The zero-order valence-electron chi connectivity index (χ0n) is 9.61. The summed E-state index contributed by atoms with van der Waals surface area (Å²) in [4.78, 5) is 18.5. The van der Waals surface area contributed by atoms with Crippen molar-refractivity contribution in [3.05, 3.63) is 15.5 Å². The number of hydrogen-bond acceptors (Lipinski definition) is 4. The summed E-state index contributed by atoms with van der Waals surface area (Å²) in [6.07, 6.45) is 1.69. The molecule has 0 bridgehead atoms. The molecule has 1 amide bonds. The first-order chi connectivity index (χ1) is 7.41. The molecular weight excluding hydrogens is 246 g/mol. The summed E-state index contributed by atoms with van der Waals surface area (Å²) in [6, 6.07) is -0.370. The van der Waals surface area contributed by atoms with Crippen molar-refractivity contribution in [1.29, 1.82) is 0 Å². The van der Waals surface area contributed by atoms with Gasteiger partial charge in [0.1, 0.15) is 0 Å². The van der Waals surface area contributed by atoms with Crippen molar-refractivity contribution in [2.24, 2.45) is 5.73 Å². The minimum atomic E-state index is -0.481. The molecule has 0 aliphatic heterocycles. The lowest BCUT2D eigenvalue weighted by Crippen LogP contribution is -2.44. The Hall–Kier alpha value is -0.650. The Morgan fingerprint density at radius 1 is 1.62 bits per heavy atom. The third-order valence-corrected chi connectivity index (χ3v) is 3.25. The van der Waals surface area contributed by atoms with E-state index in [0.717, 1.165) is 4.88 Å². The Kier molecular flexibility index (Phi) is 4.70. The van der Waals surface area contributed by atoms with Crippen LogP contribution >= 0.6 is 22.9 Å². The maximum Gasteiger partial charge on any atom is 0.239 e. The van der Waals surface area contributed by atoms with Gasteiger partial charge in [-0.2, -0.15) is 0 Å². The van der Waals surface area contributed by atoms with Gasteiger partial charge in [-0.1, -0.05) is 11.6 Å². The van der Waals surface area contributed by atoms with Crippen LogP contribution in [-0.4, -0.2) is 27.9 Å². The Bertz CT molecular complexity index is 365. The first-order valence-corrected chi connectivity index (χ1v) is 6.27. The summed E-state index contributed by atoms with van der Waals surface area (Å²) >= 11 is 7.13. The van der Waals surface area contributed by atoms with E-state index in [1.165, 1.54) is 11.3 Å². The first-order valence-electron chi connectivity index (χ1n) is 5.08. The van der Waals surface area contributed by atoms with E-state index in [1.807, 2.05) is 13.8 Å². The van der Waals surface area contributed by atoms with E-state index >= 15 is 0 Å². The predicted octanol–water partition coefficient (Wildman–Crippen LogP) is 1.88. The normalized spacial score (nSPS) is 12.9. The fraction of sp³-hybridized carbons (Fsp3) is 0.600. The number of halogens is 1. The third-order valence-electron chi connectivity index (χ3n) is 2.15. The molecule has 0 spiro atoms. The van der Waals surface area contributed by atoms with Crippen molar-refractivity contribution in [2.45, 2.75) is 39.4 Å². The highest BCUT2D eigenvalue weighted by Gasteiger charge is 2.21. The van der Waals surface area contributed by atoms with Crippen LogP contribution in [0.1, 0.15) is 25.6 Å². The summed E-state index contributed by atoms with van der Waals surface area (Å²) in [5, 5.41) is 0. The molecule has 1 aromatic rings. The summed E-state index contributed by atoms with van der Waals surface area (Å²) in [7, 11) is 0. The van der Waals surface area contributed by atoms with Crippen LogP contribution in [0, 0.1) is 0 Å². The van der Waals surface area contributed by atoms with Crippen molar-refractivity contribution in [2.75, 3.05) is 0 Å². The number of thiazole rings is 1. The number of rotatable bonds is 4. The number of nitrogens with zero attached hydrogens (tertiary/aromatic N) is 2. The number of carbonyl (C=O) groups is 1. The maximum atomic E-state index is 11.8. The molecule has 4 nitrogen and oxygen atoms in total. The summed E-state index contributed by atoms with van der Waals surface area (Å²) in [6.45, 7) is 6.13. The Morgan fingerprint density at radius 2 is 2.25 bits per heavy atom. The summed E-state index contributed by atoms with van der Waals surface area (Å²) in [5.74, 6) is -0.0560. The van der Waals surface area contributed by atoms with E-state index in [4.69, 9.17) is 17.3 Å². The van der Waals surface area contributed by atoms with Crippen LogP contribution in [0.4, 0.5) is 0 Å². The molecule has 0 saturated heterocycles. The average Bonchev–Trinajstić information content (AvgIpc) is 2.59. The van der Waals surface area contributed by atoms with E-state index in [9.17, 15) is 4.79 Å². The molecule has 0 radical (unpaired) electrons. The standard InChI is InChI=1S/C10H16ClN3OS/c1-6(2)14(9(15)7(3)12)5-8-4-13-10(11)16-8/h4,6-7H,5,12H2,1-3H3/t7-/m0/s1. The fourth-order valence-electron chi connectivity index (χ4n) is 1.30. The van der Waals surface area contributed by atoms with Crippen molar-refractivity contribution < 1.29 is 4.79 Å². The zero-order valence-corrected chi connectivity index (χ0v) is 11.2. The monoisotopic (exact) mass is 261 g/mol. The second-order valence-corrected chi connectivity index (χ2v) is 5.63. The lowest BCUT2D eigenvalue weighted by Gasteiger charge is -2.27. The minimum absolute atomic E-state index is 0.0560. The second kappa shape index (κ2) is 5.61. The molecule has 0 aliphatic carbocycles. The topological polar surface area (TPSA) is 59.2 Å². The van der Waals surface area contributed by atoms with E-state index < -0.39 is 6.04 Å². The van der Waals surface area contributed by atoms with E-state index in [2.05, 4.69) is 4.98 Å². The lowest BCUT2D eigenvalue weighted by molar-refractivity contribution is -0.134. The number of nitrogens with two attached hydrogens (primary N) is 1. The van der Waals surface area contributed by atoms with Gasteiger partial charge in [-0.3, -0.25) is 4.79 Å². The van der Waals surface area contributed by atoms with Gasteiger partial charge in [-0.15, -0.1) is 11.3 Å². The van der Waals surface area contributed by atoms with Gasteiger partial charge >= 0.3 is 0 Å². The van der Waals surface area contributed by atoms with Gasteiger partial charge in [0.2, 0.25) is 5.91 Å². The van der Waals surface area contributed by atoms with Crippen molar-refractivity contribution >= 4 is 28.8 Å². The molecule has 1 aromatic heterocycles. The van der Waals surface area contributed by atoms with Crippen LogP contribution in [0.2, 0.25) is 4.47 Å². The van der Waals surface area contributed by atoms with Crippen LogP contribution in [0.25, 0.3) is 0 Å². The van der Waals surface area contributed by atoms with E-state index in [-0.39, 0.29) is 11.9 Å². The molecule has 6 heteroatoms. The van der Waals surface area contributed by atoms with E-state index in [0.29, 0.717) is 11.0 Å². The molecular formula is C10H16ClN3OS. The molecule has 0 saturated carbocycles. The van der Waals surface area contributed by atoms with Crippen molar-refractivity contribution in [3.63, 3.8) is 0 Å². The molecule has 90 valence electrons. The quantitative estimate of drug-likeness (QED) is 0.900. The number of hydrogen-bond donors (Lipinski definition) is 1. The fourth-order valence-corrected chi connectivity index (χ4v) is 2.28. The average molecular weight is 262 g/mol. The Morgan fingerprint density at radius 3 is 2.62 bits per heavy atom. The van der Waals surface area contributed by atoms with Gasteiger partial charge in [0.25, 0.3) is 0 Å². The Balaban J connectivity index is 2.76. The minimum Gasteiger partial charge on any atom is -0.334 e. The van der Waals surface area contributed by atoms with Crippen molar-refractivity contribution in [3.8, 4) is 0 Å². The first kappa shape index (κ1) is 13.4. The second-order valence-electron chi connectivity index (χ2n) is 3.93. The maximum absolute atomic E-state index is 11.8. The third kappa shape index (κ3) is 3.43. The smallest absolute Gasteiger partial charge is 0.239 e. The van der Waals surface area contributed by atoms with Crippen molar-refractivity contribution in [1.82, 2.24) is 9.88 Å².